The fourth-order valence-corrected chi connectivity index (χ4v) is 6.17. The van der Waals surface area contributed by atoms with Gasteiger partial charge in [0.25, 0.3) is 0 Å². The van der Waals surface area contributed by atoms with Crippen molar-refractivity contribution in [2.75, 3.05) is 13.1 Å². The van der Waals surface area contributed by atoms with Gasteiger partial charge in [-0.1, -0.05) is 63.6 Å². The highest BCUT2D eigenvalue weighted by Crippen LogP contribution is 2.39. The molecule has 0 amide bonds. The van der Waals surface area contributed by atoms with Crippen LogP contribution in [0.3, 0.4) is 0 Å². The van der Waals surface area contributed by atoms with Crippen molar-refractivity contribution in [3.63, 3.8) is 0 Å². The predicted octanol–water partition coefficient (Wildman–Crippen LogP) is 3.86. The Labute approximate surface area is 165 Å². The van der Waals surface area contributed by atoms with Crippen molar-refractivity contribution in [1.82, 2.24) is 10.6 Å². The lowest BCUT2D eigenvalue weighted by Gasteiger charge is -2.50. The first-order chi connectivity index (χ1) is 12.9. The van der Waals surface area contributed by atoms with Crippen molar-refractivity contribution in [3.8, 4) is 0 Å². The van der Waals surface area contributed by atoms with E-state index in [9.17, 15) is 0 Å². The van der Waals surface area contributed by atoms with Gasteiger partial charge in [-0.05, 0) is 63.5 Å². The fourth-order valence-electron chi connectivity index (χ4n) is 6.17. The summed E-state index contributed by atoms with van der Waals surface area (Å²) in [5.41, 5.74) is 0.242. The molecule has 0 saturated carbocycles. The zero-order chi connectivity index (χ0) is 17.9. The van der Waals surface area contributed by atoms with Gasteiger partial charge in [0.2, 0.25) is 0 Å². The van der Waals surface area contributed by atoms with Gasteiger partial charge in [-0.25, -0.2) is 0 Å². The Morgan fingerprint density at radius 3 is 1.23 bits per heavy atom. The summed E-state index contributed by atoms with van der Waals surface area (Å²) in [6.45, 7) is 2.47. The summed E-state index contributed by atoms with van der Waals surface area (Å²) in [7, 11) is 4.39. The summed E-state index contributed by atoms with van der Waals surface area (Å²) < 4.78 is 0. The van der Waals surface area contributed by atoms with E-state index in [0.717, 1.165) is 11.8 Å². The van der Waals surface area contributed by atoms with E-state index in [1.807, 2.05) is 0 Å². The summed E-state index contributed by atoms with van der Waals surface area (Å²) in [5, 5.41) is 8.46. The van der Waals surface area contributed by atoms with Gasteiger partial charge >= 0.3 is 0 Å². The van der Waals surface area contributed by atoms with Crippen LogP contribution in [0, 0.1) is 11.8 Å². The Balaban J connectivity index is 1.86. The summed E-state index contributed by atoms with van der Waals surface area (Å²) in [6.07, 6.45) is 23.2. The summed E-state index contributed by atoms with van der Waals surface area (Å²) in [6, 6.07) is 0. The van der Waals surface area contributed by atoms with Gasteiger partial charge in [0.15, 0.2) is 0 Å². The molecule has 0 aromatic carbocycles. The van der Waals surface area contributed by atoms with Crippen LogP contribution < -0.4 is 10.6 Å². The maximum absolute atomic E-state index is 4.23. The monoisotopic (exact) mass is 356 g/mol. The van der Waals surface area contributed by atoms with E-state index in [4.69, 9.17) is 0 Å². The van der Waals surface area contributed by atoms with Crippen molar-refractivity contribution in [2.45, 2.75) is 108 Å². The van der Waals surface area contributed by atoms with Crippen molar-refractivity contribution < 1.29 is 0 Å². The van der Waals surface area contributed by atoms with Crippen LogP contribution in [-0.4, -0.2) is 40.6 Å². The highest BCUT2D eigenvalue weighted by atomic mass is 15.2. The van der Waals surface area contributed by atoms with E-state index in [-0.39, 0.29) is 5.66 Å². The van der Waals surface area contributed by atoms with Crippen LogP contribution in [0.4, 0.5) is 0 Å². The van der Waals surface area contributed by atoms with Gasteiger partial charge in [0, 0.05) is 0 Å². The summed E-state index contributed by atoms with van der Waals surface area (Å²) in [4.78, 5) is 0. The summed E-state index contributed by atoms with van der Waals surface area (Å²) >= 11 is 0. The zero-order valence-corrected chi connectivity index (χ0v) is 17.5. The third-order valence-corrected chi connectivity index (χ3v) is 7.69. The largest absolute Gasteiger partial charge is 0.299 e. The zero-order valence-electron chi connectivity index (χ0n) is 17.5. The second-order valence-electron chi connectivity index (χ2n) is 9.57. The number of hydrogen-bond donors (Lipinski definition) is 2. The molecule has 0 aliphatic carbocycles. The van der Waals surface area contributed by atoms with Crippen LogP contribution in [-0.2, 0) is 0 Å². The second-order valence-corrected chi connectivity index (χ2v) is 9.57. The molecule has 3 aliphatic rings. The average Bonchev–Trinajstić information content (AvgIpc) is 2.67. The summed E-state index contributed by atoms with van der Waals surface area (Å²) in [5.74, 6) is 1.70. The van der Waals surface area contributed by atoms with Crippen LogP contribution in [0.5, 0.6) is 0 Å². The van der Waals surface area contributed by atoms with Gasteiger partial charge in [0.05, 0.1) is 5.66 Å². The smallest absolute Gasteiger partial charge is 0.120 e. The third kappa shape index (κ3) is 6.06. The van der Waals surface area contributed by atoms with E-state index < -0.39 is 0 Å². The molecule has 26 heavy (non-hydrogen) atoms. The molecule has 5 heteroatoms. The highest BCUT2D eigenvalue weighted by Gasteiger charge is 2.43. The van der Waals surface area contributed by atoms with E-state index in [1.54, 1.807) is 0 Å². The molecule has 1 spiro atoms. The Morgan fingerprint density at radius 2 is 0.846 bits per heavy atom. The maximum Gasteiger partial charge on any atom is 0.120 e. The lowest BCUT2D eigenvalue weighted by Crippen LogP contribution is -2.66. The van der Waals surface area contributed by atoms with Crippen molar-refractivity contribution in [3.05, 3.63) is 0 Å². The van der Waals surface area contributed by atoms with Gasteiger partial charge in [0.1, 0.15) is 21.8 Å². The van der Waals surface area contributed by atoms with E-state index in [2.05, 4.69) is 10.6 Å². The number of rotatable bonds is 0. The SMILES string of the molecule is B1CCCNC23NCCCBCCCC2CCCBCCCC3CCC1. The Kier molecular flexibility index (Phi) is 9.49. The molecule has 3 fully saturated rings. The Morgan fingerprint density at radius 1 is 0.500 bits per heavy atom. The third-order valence-electron chi connectivity index (χ3n) is 7.69. The Bertz CT molecular complexity index is 334. The minimum Gasteiger partial charge on any atom is -0.299 e. The Hall–Kier alpha value is 0.115. The fraction of sp³-hybridized carbons (Fsp3) is 1.00. The second kappa shape index (κ2) is 11.8. The predicted molar refractivity (Wildman–Crippen MR) is 122 cm³/mol. The molecule has 3 heterocycles. The van der Waals surface area contributed by atoms with Gasteiger partial charge in [-0.2, -0.15) is 0 Å². The molecule has 2 N–H and O–H groups in total. The van der Waals surface area contributed by atoms with Crippen LogP contribution >= 0.6 is 0 Å². The number of hydrogen-bond acceptors (Lipinski definition) is 2. The maximum atomic E-state index is 4.23. The molecule has 146 valence electrons. The normalized spacial score (nSPS) is 36.0. The van der Waals surface area contributed by atoms with Crippen LogP contribution in [0.2, 0.25) is 37.9 Å². The molecule has 3 aliphatic heterocycles. The first-order valence-corrected chi connectivity index (χ1v) is 12.4. The lowest BCUT2D eigenvalue weighted by atomic mass is 9.61. The van der Waals surface area contributed by atoms with Crippen molar-refractivity contribution in [2.24, 2.45) is 11.8 Å². The molecule has 3 saturated heterocycles. The van der Waals surface area contributed by atoms with Gasteiger partial charge in [-0.3, -0.25) is 10.6 Å². The molecule has 0 radical (unpaired) electrons. The first kappa shape index (κ1) is 20.8. The topological polar surface area (TPSA) is 24.1 Å². The molecule has 2 atom stereocenters. The molecule has 2 unspecified atom stereocenters. The minimum atomic E-state index is 0.242. The van der Waals surface area contributed by atoms with Crippen LogP contribution in [0.1, 0.15) is 64.2 Å². The van der Waals surface area contributed by atoms with Crippen LogP contribution in [0.25, 0.3) is 0 Å². The first-order valence-electron chi connectivity index (χ1n) is 12.4. The molecule has 0 aromatic rings. The standard InChI is InChI=1S/C21H43B3N2/c1-7-19-9-3-13-23-15-5-17-25-21(19)20(8-2-12-22-11-1)10-4-14-24-16-6-18-26-21/h19-20,22-26H,1-18H2. The molecular weight excluding hydrogens is 313 g/mol. The molecule has 0 aromatic heterocycles. The number of nitrogens with one attached hydrogen (secondary N) is 2. The lowest BCUT2D eigenvalue weighted by molar-refractivity contribution is 0.0552. The van der Waals surface area contributed by atoms with E-state index in [0.29, 0.717) is 0 Å². The molecule has 0 bridgehead atoms. The minimum absolute atomic E-state index is 0.242. The van der Waals surface area contributed by atoms with Crippen molar-refractivity contribution >= 4 is 21.8 Å². The van der Waals surface area contributed by atoms with E-state index >= 15 is 0 Å². The van der Waals surface area contributed by atoms with Gasteiger partial charge < -0.3 is 0 Å². The quantitative estimate of drug-likeness (QED) is 0.645. The van der Waals surface area contributed by atoms with Crippen LogP contribution in [0.15, 0.2) is 0 Å². The molecular formula is C21H43B3N2. The van der Waals surface area contributed by atoms with E-state index in [1.165, 1.54) is 137 Å². The average molecular weight is 356 g/mol. The highest BCUT2D eigenvalue weighted by molar-refractivity contribution is 6.35. The van der Waals surface area contributed by atoms with Crippen molar-refractivity contribution in [1.29, 1.82) is 0 Å². The molecule has 3 rings (SSSR count). The van der Waals surface area contributed by atoms with Gasteiger partial charge in [-0.15, -0.1) is 0 Å². The molecule has 2 nitrogen and oxygen atoms in total.